The molecule has 2 aromatic rings. The summed E-state index contributed by atoms with van der Waals surface area (Å²) >= 11 is 0. The second-order valence-corrected chi connectivity index (χ2v) is 6.51. The average molecular weight is 356 g/mol. The molecule has 27 heavy (non-hydrogen) atoms. The summed E-state index contributed by atoms with van der Waals surface area (Å²) in [5.74, 6) is -0.937. The molecular formula is C25H24O2. The van der Waals surface area contributed by atoms with Gasteiger partial charge in [0.05, 0.1) is 0 Å². The number of carboxylic acid groups (broad SMARTS) is 1. The Bertz CT molecular complexity index is 911. The van der Waals surface area contributed by atoms with Crippen molar-refractivity contribution < 1.29 is 9.90 Å². The largest absolute Gasteiger partial charge is 0.478 e. The molecule has 0 saturated heterocycles. The van der Waals surface area contributed by atoms with Gasteiger partial charge in [-0.25, -0.2) is 4.79 Å². The topological polar surface area (TPSA) is 37.3 Å². The second-order valence-electron chi connectivity index (χ2n) is 6.51. The zero-order chi connectivity index (χ0) is 19.1. The third kappa shape index (κ3) is 4.73. The molecule has 0 heterocycles. The summed E-state index contributed by atoms with van der Waals surface area (Å²) in [5, 5.41) is 8.81. The van der Waals surface area contributed by atoms with Crippen molar-refractivity contribution in [2.45, 2.75) is 26.2 Å². The molecule has 0 spiro atoms. The molecule has 2 aromatic carbocycles. The van der Waals surface area contributed by atoms with E-state index < -0.39 is 5.97 Å². The third-order valence-electron chi connectivity index (χ3n) is 4.68. The van der Waals surface area contributed by atoms with Gasteiger partial charge >= 0.3 is 5.97 Å². The van der Waals surface area contributed by atoms with E-state index in [1.807, 2.05) is 18.2 Å². The first kappa shape index (κ1) is 18.7. The normalized spacial score (nSPS) is 14.8. The minimum atomic E-state index is -0.937. The molecule has 0 saturated carbocycles. The molecule has 0 unspecified atom stereocenters. The lowest BCUT2D eigenvalue weighted by atomic mass is 9.86. The number of hydrogen-bond donors (Lipinski definition) is 1. The van der Waals surface area contributed by atoms with E-state index in [1.165, 1.54) is 22.3 Å². The first-order valence-corrected chi connectivity index (χ1v) is 9.36. The van der Waals surface area contributed by atoms with Crippen LogP contribution in [0.1, 0.15) is 42.9 Å². The second kappa shape index (κ2) is 9.00. The Morgan fingerprint density at radius 1 is 1.00 bits per heavy atom. The molecule has 1 aliphatic carbocycles. The maximum atomic E-state index is 10.7. The van der Waals surface area contributed by atoms with Gasteiger partial charge in [0, 0.05) is 6.08 Å². The molecule has 1 aliphatic rings. The van der Waals surface area contributed by atoms with Gasteiger partial charge in [0.2, 0.25) is 0 Å². The number of carbonyl (C=O) groups is 1. The molecule has 0 aromatic heterocycles. The van der Waals surface area contributed by atoms with Crippen LogP contribution >= 0.6 is 0 Å². The Hall–Kier alpha value is -3.13. The lowest BCUT2D eigenvalue weighted by Crippen LogP contribution is -1.98. The SMILES string of the molecule is CC/C(C1=CCCC=C1)=C(\c1ccccc1)c1ccc(/C=C/C(=O)O)cc1. The molecule has 136 valence electrons. The van der Waals surface area contributed by atoms with Crippen molar-refractivity contribution >= 4 is 17.6 Å². The molecule has 2 heteroatoms. The average Bonchev–Trinajstić information content (AvgIpc) is 2.72. The highest BCUT2D eigenvalue weighted by atomic mass is 16.4. The smallest absolute Gasteiger partial charge is 0.328 e. The Labute approximate surface area is 160 Å². The van der Waals surface area contributed by atoms with Crippen molar-refractivity contribution in [3.05, 3.63) is 107 Å². The maximum absolute atomic E-state index is 10.7. The van der Waals surface area contributed by atoms with E-state index in [2.05, 4.69) is 61.5 Å². The molecule has 3 rings (SSSR count). The molecule has 0 atom stereocenters. The Kier molecular flexibility index (Phi) is 6.22. The summed E-state index contributed by atoms with van der Waals surface area (Å²) in [7, 11) is 0. The van der Waals surface area contributed by atoms with E-state index in [-0.39, 0.29) is 0 Å². The number of carboxylic acids is 1. The minimum absolute atomic E-state index is 0.878. The van der Waals surface area contributed by atoms with Crippen LogP contribution in [0.4, 0.5) is 0 Å². The van der Waals surface area contributed by atoms with Crippen LogP contribution in [0, 0.1) is 0 Å². The Morgan fingerprint density at radius 2 is 1.70 bits per heavy atom. The van der Waals surface area contributed by atoms with Gasteiger partial charge in [-0.15, -0.1) is 0 Å². The highest BCUT2D eigenvalue weighted by Gasteiger charge is 2.14. The van der Waals surface area contributed by atoms with Crippen molar-refractivity contribution in [2.75, 3.05) is 0 Å². The van der Waals surface area contributed by atoms with Gasteiger partial charge in [0.1, 0.15) is 0 Å². The molecule has 1 N–H and O–H groups in total. The molecule has 0 radical (unpaired) electrons. The number of rotatable bonds is 6. The van der Waals surface area contributed by atoms with Crippen LogP contribution in [0.2, 0.25) is 0 Å². The van der Waals surface area contributed by atoms with Gasteiger partial charge < -0.3 is 5.11 Å². The summed E-state index contributed by atoms with van der Waals surface area (Å²) in [6, 6.07) is 18.6. The Balaban J connectivity index is 2.10. The van der Waals surface area contributed by atoms with Gasteiger partial charge in [-0.3, -0.25) is 0 Å². The Morgan fingerprint density at radius 3 is 2.30 bits per heavy atom. The summed E-state index contributed by atoms with van der Waals surface area (Å²) in [6.45, 7) is 2.20. The van der Waals surface area contributed by atoms with Crippen LogP contribution < -0.4 is 0 Å². The highest BCUT2D eigenvalue weighted by molar-refractivity contribution is 5.87. The lowest BCUT2D eigenvalue weighted by Gasteiger charge is -2.18. The lowest BCUT2D eigenvalue weighted by molar-refractivity contribution is -0.131. The highest BCUT2D eigenvalue weighted by Crippen LogP contribution is 2.34. The van der Waals surface area contributed by atoms with Crippen molar-refractivity contribution in [1.29, 1.82) is 0 Å². The van der Waals surface area contributed by atoms with Crippen LogP contribution in [-0.4, -0.2) is 11.1 Å². The predicted molar refractivity (Wildman–Crippen MR) is 112 cm³/mol. The van der Waals surface area contributed by atoms with Gasteiger partial charge in [-0.1, -0.05) is 79.7 Å². The molecule has 0 bridgehead atoms. The van der Waals surface area contributed by atoms with E-state index in [1.54, 1.807) is 6.08 Å². The summed E-state index contributed by atoms with van der Waals surface area (Å²) in [6.07, 6.45) is 12.7. The summed E-state index contributed by atoms with van der Waals surface area (Å²) in [4.78, 5) is 10.7. The number of hydrogen-bond acceptors (Lipinski definition) is 1. The number of allylic oxidation sites excluding steroid dienone is 5. The zero-order valence-corrected chi connectivity index (χ0v) is 15.6. The molecule has 2 nitrogen and oxygen atoms in total. The van der Waals surface area contributed by atoms with Crippen molar-refractivity contribution in [3.8, 4) is 0 Å². The molecule has 0 fully saturated rings. The van der Waals surface area contributed by atoms with E-state index in [0.717, 1.165) is 36.5 Å². The maximum Gasteiger partial charge on any atom is 0.328 e. The van der Waals surface area contributed by atoms with Gasteiger partial charge in [0.15, 0.2) is 0 Å². The van der Waals surface area contributed by atoms with Crippen LogP contribution in [0.3, 0.4) is 0 Å². The predicted octanol–water partition coefficient (Wildman–Crippen LogP) is 6.27. The van der Waals surface area contributed by atoms with E-state index >= 15 is 0 Å². The molecular weight excluding hydrogens is 332 g/mol. The third-order valence-corrected chi connectivity index (χ3v) is 4.68. The standard InChI is InChI=1S/C25H24O2/c1-2-23(20-9-5-3-6-10-20)25(21-11-7-4-8-12-21)22-16-13-19(14-17-22)15-18-24(26)27/h4-5,7-18H,2-3,6H2,1H3,(H,26,27)/b18-15+,25-23-. The van der Waals surface area contributed by atoms with Gasteiger partial charge in [0.25, 0.3) is 0 Å². The number of benzene rings is 2. The van der Waals surface area contributed by atoms with Gasteiger partial charge in [-0.05, 0) is 58.7 Å². The van der Waals surface area contributed by atoms with Crippen LogP contribution in [-0.2, 0) is 4.79 Å². The van der Waals surface area contributed by atoms with Crippen LogP contribution in [0.15, 0.2) is 90.0 Å². The summed E-state index contributed by atoms with van der Waals surface area (Å²) in [5.41, 5.74) is 7.10. The van der Waals surface area contributed by atoms with E-state index in [4.69, 9.17) is 5.11 Å². The van der Waals surface area contributed by atoms with Crippen molar-refractivity contribution in [3.63, 3.8) is 0 Å². The van der Waals surface area contributed by atoms with Crippen molar-refractivity contribution in [1.82, 2.24) is 0 Å². The first-order valence-electron chi connectivity index (χ1n) is 9.36. The monoisotopic (exact) mass is 356 g/mol. The van der Waals surface area contributed by atoms with E-state index in [9.17, 15) is 4.79 Å². The van der Waals surface area contributed by atoms with Crippen molar-refractivity contribution in [2.24, 2.45) is 0 Å². The first-order chi connectivity index (χ1) is 13.2. The van der Waals surface area contributed by atoms with Gasteiger partial charge in [-0.2, -0.15) is 0 Å². The zero-order valence-electron chi connectivity index (χ0n) is 15.6. The fourth-order valence-corrected chi connectivity index (χ4v) is 3.41. The molecule has 0 aliphatic heterocycles. The van der Waals surface area contributed by atoms with Crippen LogP contribution in [0.25, 0.3) is 11.6 Å². The fraction of sp³-hybridized carbons (Fsp3) is 0.160. The van der Waals surface area contributed by atoms with E-state index in [0.29, 0.717) is 0 Å². The van der Waals surface area contributed by atoms with Crippen LogP contribution in [0.5, 0.6) is 0 Å². The quantitative estimate of drug-likeness (QED) is 0.619. The fourth-order valence-electron chi connectivity index (χ4n) is 3.41. The minimum Gasteiger partial charge on any atom is -0.478 e. The summed E-state index contributed by atoms with van der Waals surface area (Å²) < 4.78 is 0. The molecule has 0 amide bonds. The number of aliphatic carboxylic acids is 1.